The highest BCUT2D eigenvalue weighted by Gasteiger charge is 2.49. The molecule has 3 rings (SSSR count). The number of rotatable bonds is 5. The van der Waals surface area contributed by atoms with Gasteiger partial charge in [-0.1, -0.05) is 26.0 Å². The Kier molecular flexibility index (Phi) is 5.44. The van der Waals surface area contributed by atoms with Crippen molar-refractivity contribution in [3.05, 3.63) is 35.6 Å². The number of nitrogens with zero attached hydrogens (tertiary/aromatic N) is 1. The highest BCUT2D eigenvalue weighted by molar-refractivity contribution is 5.94. The molecule has 0 unspecified atom stereocenters. The van der Waals surface area contributed by atoms with E-state index in [1.165, 1.54) is 6.07 Å². The topological polar surface area (TPSA) is 41.6 Å². The summed E-state index contributed by atoms with van der Waals surface area (Å²) in [4.78, 5) is 14.3. The minimum Gasteiger partial charge on any atom is -0.378 e. The second kappa shape index (κ2) is 7.42. The third-order valence-electron chi connectivity index (χ3n) is 5.87. The number of hydrogen-bond donors (Lipinski definition) is 1. The Balaban J connectivity index is 1.50. The fourth-order valence-electron chi connectivity index (χ4n) is 3.99. The lowest BCUT2D eigenvalue weighted by molar-refractivity contribution is -0.117. The zero-order chi connectivity index (χ0) is 18.0. The van der Waals surface area contributed by atoms with E-state index in [1.807, 2.05) is 6.92 Å². The van der Waals surface area contributed by atoms with Crippen LogP contribution in [0, 0.1) is 11.2 Å². The van der Waals surface area contributed by atoms with Crippen molar-refractivity contribution in [2.75, 3.05) is 19.7 Å². The van der Waals surface area contributed by atoms with Gasteiger partial charge in [-0.3, -0.25) is 4.79 Å². The van der Waals surface area contributed by atoms with Crippen LogP contribution in [-0.2, 0) is 4.74 Å². The normalized spacial score (nSPS) is 26.3. The molecule has 1 heterocycles. The van der Waals surface area contributed by atoms with E-state index in [4.69, 9.17) is 4.74 Å². The molecule has 1 saturated carbocycles. The van der Waals surface area contributed by atoms with E-state index in [9.17, 15) is 9.18 Å². The quantitative estimate of drug-likeness (QED) is 0.888. The summed E-state index contributed by atoms with van der Waals surface area (Å²) in [5.41, 5.74) is 0.324. The van der Waals surface area contributed by atoms with Crippen molar-refractivity contribution in [1.82, 2.24) is 10.2 Å². The summed E-state index contributed by atoms with van der Waals surface area (Å²) in [5, 5.41) is 3.75. The van der Waals surface area contributed by atoms with Crippen LogP contribution >= 0.6 is 0 Å². The molecule has 0 spiro atoms. The largest absolute Gasteiger partial charge is 0.378 e. The lowest BCUT2D eigenvalue weighted by Crippen LogP contribution is -2.63. The van der Waals surface area contributed by atoms with Crippen molar-refractivity contribution in [1.29, 1.82) is 0 Å². The van der Waals surface area contributed by atoms with Crippen molar-refractivity contribution >= 4 is 5.91 Å². The molecular weight excluding hydrogens is 319 g/mol. The van der Waals surface area contributed by atoms with Gasteiger partial charge in [0.15, 0.2) is 0 Å². The molecule has 1 amide bonds. The van der Waals surface area contributed by atoms with Crippen LogP contribution < -0.4 is 5.32 Å². The van der Waals surface area contributed by atoms with Gasteiger partial charge in [0.25, 0.3) is 5.91 Å². The first kappa shape index (κ1) is 18.3. The van der Waals surface area contributed by atoms with Crippen LogP contribution in [0.25, 0.3) is 0 Å². The molecule has 0 radical (unpaired) electrons. The second-order valence-electron chi connectivity index (χ2n) is 7.77. The monoisotopic (exact) mass is 348 g/mol. The highest BCUT2D eigenvalue weighted by atomic mass is 19.1. The lowest BCUT2D eigenvalue weighted by Gasteiger charge is -2.53. The fraction of sp³-hybridized carbons (Fsp3) is 0.650. The van der Waals surface area contributed by atoms with Crippen LogP contribution in [0.3, 0.4) is 0 Å². The molecule has 2 atom stereocenters. The number of nitrogens with one attached hydrogen (secondary N) is 1. The summed E-state index contributed by atoms with van der Waals surface area (Å²) >= 11 is 0. The molecule has 5 heteroatoms. The Hall–Kier alpha value is -1.46. The maximum atomic E-state index is 13.8. The van der Waals surface area contributed by atoms with E-state index in [0.717, 1.165) is 25.9 Å². The lowest BCUT2D eigenvalue weighted by atomic mass is 9.64. The molecular formula is C20H29FN2O2. The zero-order valence-corrected chi connectivity index (χ0v) is 15.4. The fourth-order valence-corrected chi connectivity index (χ4v) is 3.99. The minimum atomic E-state index is -0.439. The average molecular weight is 348 g/mol. The third kappa shape index (κ3) is 3.72. The van der Waals surface area contributed by atoms with Crippen LogP contribution in [0.4, 0.5) is 4.39 Å². The molecule has 2 aliphatic rings. The molecule has 1 aliphatic heterocycles. The number of benzene rings is 1. The molecule has 1 aliphatic carbocycles. The number of halogens is 1. The maximum absolute atomic E-state index is 13.8. The number of piperidine rings is 1. The molecule has 4 nitrogen and oxygen atoms in total. The summed E-state index contributed by atoms with van der Waals surface area (Å²) in [7, 11) is 0. The molecule has 25 heavy (non-hydrogen) atoms. The molecule has 1 N–H and O–H groups in total. The first-order valence-electron chi connectivity index (χ1n) is 9.35. The van der Waals surface area contributed by atoms with E-state index in [0.29, 0.717) is 31.3 Å². The van der Waals surface area contributed by atoms with Gasteiger partial charge in [-0.05, 0) is 38.3 Å². The Bertz CT molecular complexity index is 611. The van der Waals surface area contributed by atoms with Crippen LogP contribution in [0.15, 0.2) is 24.3 Å². The number of amides is 1. The van der Waals surface area contributed by atoms with Crippen molar-refractivity contribution in [3.63, 3.8) is 0 Å². The van der Waals surface area contributed by atoms with Gasteiger partial charge in [0.2, 0.25) is 0 Å². The maximum Gasteiger partial charge on any atom is 0.256 e. The Morgan fingerprint density at radius 3 is 2.60 bits per heavy atom. The minimum absolute atomic E-state index is 0.149. The summed E-state index contributed by atoms with van der Waals surface area (Å²) in [6, 6.07) is 7.09. The predicted octanol–water partition coefficient (Wildman–Crippen LogP) is 3.22. The summed E-state index contributed by atoms with van der Waals surface area (Å²) in [6.45, 7) is 8.66. The Morgan fingerprint density at radius 1 is 1.32 bits per heavy atom. The van der Waals surface area contributed by atoms with Crippen molar-refractivity contribution in [2.45, 2.75) is 58.2 Å². The highest BCUT2D eigenvalue weighted by Crippen LogP contribution is 2.43. The molecule has 1 saturated heterocycles. The number of likely N-dealkylation sites (tertiary alicyclic amines) is 1. The molecule has 0 aromatic heterocycles. The number of carbonyl (C=O) groups is 1. The molecule has 2 fully saturated rings. The zero-order valence-electron chi connectivity index (χ0n) is 15.4. The van der Waals surface area contributed by atoms with Crippen molar-refractivity contribution in [3.8, 4) is 0 Å². The van der Waals surface area contributed by atoms with Crippen LogP contribution in [0.2, 0.25) is 0 Å². The molecule has 0 bridgehead atoms. The van der Waals surface area contributed by atoms with Gasteiger partial charge in [0.05, 0.1) is 11.7 Å². The summed E-state index contributed by atoms with van der Waals surface area (Å²) in [5.74, 6) is -0.636. The molecule has 1 aromatic carbocycles. The first-order chi connectivity index (χ1) is 11.9. The summed E-state index contributed by atoms with van der Waals surface area (Å²) < 4.78 is 19.6. The van der Waals surface area contributed by atoms with E-state index in [-0.39, 0.29) is 16.9 Å². The van der Waals surface area contributed by atoms with E-state index < -0.39 is 5.82 Å². The number of carbonyl (C=O) groups excluding carboxylic acids is 1. The van der Waals surface area contributed by atoms with Gasteiger partial charge in [0.1, 0.15) is 5.82 Å². The number of hydrogen-bond acceptors (Lipinski definition) is 3. The van der Waals surface area contributed by atoms with Crippen LogP contribution in [0.1, 0.15) is 50.4 Å². The van der Waals surface area contributed by atoms with Gasteiger partial charge >= 0.3 is 0 Å². The van der Waals surface area contributed by atoms with E-state index in [2.05, 4.69) is 19.2 Å². The van der Waals surface area contributed by atoms with Crippen molar-refractivity contribution < 1.29 is 13.9 Å². The number of ether oxygens (including phenoxy) is 1. The predicted molar refractivity (Wildman–Crippen MR) is 96.1 cm³/mol. The van der Waals surface area contributed by atoms with Crippen molar-refractivity contribution in [2.24, 2.45) is 5.41 Å². The SMILES string of the molecule is CCO[C@H]1C[C@@H](NC2CCN(C(=O)c3ccccc3F)CC2)C1(C)C. The summed E-state index contributed by atoms with van der Waals surface area (Å²) in [6.07, 6.45) is 3.20. The van der Waals surface area contributed by atoms with Crippen LogP contribution in [-0.4, -0.2) is 48.7 Å². The standard InChI is InChI=1S/C20H29FN2O2/c1-4-25-18-13-17(20(18,2)3)22-14-9-11-23(12-10-14)19(24)15-7-5-6-8-16(15)21/h5-8,14,17-18,22H,4,9-13H2,1-3H3/t17-,18+/m1/s1. The molecule has 138 valence electrons. The second-order valence-corrected chi connectivity index (χ2v) is 7.77. The van der Waals surface area contributed by atoms with Gasteiger partial charge < -0.3 is 15.0 Å². The van der Waals surface area contributed by atoms with Gasteiger partial charge in [-0.15, -0.1) is 0 Å². The molecule has 1 aromatic rings. The average Bonchev–Trinajstić information content (AvgIpc) is 2.61. The Morgan fingerprint density at radius 2 is 2.00 bits per heavy atom. The van der Waals surface area contributed by atoms with Gasteiger partial charge in [-0.2, -0.15) is 0 Å². The smallest absolute Gasteiger partial charge is 0.256 e. The van der Waals surface area contributed by atoms with Gasteiger partial charge in [-0.25, -0.2) is 4.39 Å². The van der Waals surface area contributed by atoms with E-state index >= 15 is 0 Å². The van der Waals surface area contributed by atoms with Gasteiger partial charge in [0, 0.05) is 37.2 Å². The van der Waals surface area contributed by atoms with E-state index in [1.54, 1.807) is 23.1 Å². The van der Waals surface area contributed by atoms with Crippen LogP contribution in [0.5, 0.6) is 0 Å². The third-order valence-corrected chi connectivity index (χ3v) is 5.87. The first-order valence-corrected chi connectivity index (χ1v) is 9.35. The Labute approximate surface area is 149 Å².